The second-order valence-electron chi connectivity index (χ2n) is 11.9. The number of halogens is 2. The monoisotopic (exact) mass is 646 g/mol. The number of nitrogens with zero attached hydrogens (tertiary/aromatic N) is 6. The van der Waals surface area contributed by atoms with Gasteiger partial charge in [-0.15, -0.1) is 0 Å². The summed E-state index contributed by atoms with van der Waals surface area (Å²) in [5, 5.41) is 13.5. The lowest BCUT2D eigenvalue weighted by Gasteiger charge is -2.29. The molecule has 10 nitrogen and oxygen atoms in total. The van der Waals surface area contributed by atoms with Gasteiger partial charge in [0.2, 0.25) is 6.41 Å². The lowest BCUT2D eigenvalue weighted by atomic mass is 9.95. The number of fused-ring (bicyclic) bond motifs is 3. The molecule has 1 aromatic carbocycles. The highest BCUT2D eigenvalue weighted by atomic mass is 35.5. The van der Waals surface area contributed by atoms with Gasteiger partial charge in [-0.1, -0.05) is 17.7 Å². The van der Waals surface area contributed by atoms with Crippen LogP contribution >= 0.6 is 11.6 Å². The van der Waals surface area contributed by atoms with Gasteiger partial charge >= 0.3 is 0 Å². The molecule has 12 heteroatoms. The van der Waals surface area contributed by atoms with E-state index >= 15 is 0 Å². The molecule has 242 valence electrons. The quantitative estimate of drug-likeness (QED) is 0.164. The highest BCUT2D eigenvalue weighted by Crippen LogP contribution is 2.36. The molecule has 6 rings (SSSR count). The average Bonchev–Trinajstić information content (AvgIpc) is 3.45. The Morgan fingerprint density at radius 3 is 2.57 bits per heavy atom. The fraction of sp³-hybridized carbons (Fsp3) is 0.382. The molecule has 5 aromatic rings. The van der Waals surface area contributed by atoms with Crippen LogP contribution in [0.15, 0.2) is 53.7 Å². The second-order valence-corrected chi connectivity index (χ2v) is 12.3. The van der Waals surface area contributed by atoms with Gasteiger partial charge < -0.3 is 15.5 Å². The minimum Gasteiger partial charge on any atom is -0.377 e. The number of hydrogen-bond acceptors (Lipinski definition) is 7. The Morgan fingerprint density at radius 2 is 1.89 bits per heavy atom. The van der Waals surface area contributed by atoms with Gasteiger partial charge in [-0.25, -0.2) is 14.1 Å². The number of aromatic nitrogens is 5. The Labute approximate surface area is 272 Å². The van der Waals surface area contributed by atoms with Crippen LogP contribution in [0.1, 0.15) is 43.9 Å². The van der Waals surface area contributed by atoms with E-state index in [0.717, 1.165) is 72.8 Å². The number of aryl methyl sites for hydroxylation is 2. The summed E-state index contributed by atoms with van der Waals surface area (Å²) in [5.41, 5.74) is 4.03. The first-order chi connectivity index (χ1) is 22.1. The number of amides is 1. The van der Waals surface area contributed by atoms with Crippen LogP contribution in [0.2, 0.25) is 5.15 Å². The van der Waals surface area contributed by atoms with Crippen molar-refractivity contribution in [3.8, 4) is 11.3 Å². The molecule has 5 heterocycles. The van der Waals surface area contributed by atoms with Gasteiger partial charge in [0.25, 0.3) is 5.56 Å². The number of anilines is 1. The molecule has 0 bridgehead atoms. The molecule has 46 heavy (non-hydrogen) atoms. The third-order valence-corrected chi connectivity index (χ3v) is 8.74. The standard InChI is InChI=1S/C31H33ClFN7O.C3H7NO/c1-18-13-22(19(2)36-26-5-6-27(32)37-29(26)21-7-10-34-16-25(21)33)28-23(14-18)31(41)39(4)30-24(28)15-35-40(30)17-20-8-11-38(3)12-9-20;1-2-4-3-5/h5-7,10,13-16,19-20,36H,8-9,11-12,17H2,1-4H3;3H,2H2,1H3,(H,4,5). The van der Waals surface area contributed by atoms with E-state index in [2.05, 4.69) is 38.6 Å². The van der Waals surface area contributed by atoms with Crippen molar-refractivity contribution >= 4 is 45.5 Å². The number of nitrogens with one attached hydrogen (secondary N) is 2. The van der Waals surface area contributed by atoms with Gasteiger partial charge in [-0.05, 0) is 95.1 Å². The number of pyridine rings is 3. The number of carbonyl (C=O) groups excluding carboxylic acids is 1. The van der Waals surface area contributed by atoms with Gasteiger partial charge in [0.05, 0.1) is 23.8 Å². The van der Waals surface area contributed by atoms with Gasteiger partial charge in [0.1, 0.15) is 10.8 Å². The van der Waals surface area contributed by atoms with Gasteiger partial charge in [-0.2, -0.15) is 5.10 Å². The number of likely N-dealkylation sites (tertiary alicyclic amines) is 1. The van der Waals surface area contributed by atoms with Crippen molar-refractivity contribution in [2.45, 2.75) is 46.2 Å². The Kier molecular flexibility index (Phi) is 10.3. The molecule has 1 saturated heterocycles. The zero-order valence-electron chi connectivity index (χ0n) is 26.8. The number of carbonyl (C=O) groups is 1. The zero-order chi connectivity index (χ0) is 33.0. The number of benzene rings is 1. The van der Waals surface area contributed by atoms with E-state index in [-0.39, 0.29) is 16.8 Å². The molecule has 1 amide bonds. The summed E-state index contributed by atoms with van der Waals surface area (Å²) in [4.78, 5) is 33.7. The first-order valence-corrected chi connectivity index (χ1v) is 15.9. The summed E-state index contributed by atoms with van der Waals surface area (Å²) in [6.45, 7) is 9.54. The van der Waals surface area contributed by atoms with Crippen molar-refractivity contribution in [2.75, 3.05) is 32.0 Å². The summed E-state index contributed by atoms with van der Waals surface area (Å²) >= 11 is 6.22. The van der Waals surface area contributed by atoms with Crippen LogP contribution in [0.5, 0.6) is 0 Å². The largest absolute Gasteiger partial charge is 0.377 e. The smallest absolute Gasteiger partial charge is 0.259 e. The number of piperidine rings is 1. The van der Waals surface area contributed by atoms with E-state index in [9.17, 15) is 14.0 Å². The molecule has 1 atom stereocenters. The Bertz CT molecular complexity index is 1920. The summed E-state index contributed by atoms with van der Waals surface area (Å²) in [6, 6.07) is 8.85. The fourth-order valence-corrected chi connectivity index (χ4v) is 6.30. The predicted molar refractivity (Wildman–Crippen MR) is 182 cm³/mol. The van der Waals surface area contributed by atoms with Crippen LogP contribution < -0.4 is 16.2 Å². The SMILES string of the molecule is CCNC=O.Cc1cc(C(C)Nc2ccc(Cl)nc2-c2ccncc2F)c2c(c1)c(=O)n(C)c1c2cnn1CC1CCN(C)CC1. The van der Waals surface area contributed by atoms with Crippen LogP contribution in [0.25, 0.3) is 33.1 Å². The van der Waals surface area contributed by atoms with Gasteiger partial charge in [-0.3, -0.25) is 19.1 Å². The fourth-order valence-electron chi connectivity index (χ4n) is 6.15. The van der Waals surface area contributed by atoms with Crippen LogP contribution in [-0.2, 0) is 18.4 Å². The molecule has 1 aliphatic heterocycles. The van der Waals surface area contributed by atoms with Crippen molar-refractivity contribution in [3.63, 3.8) is 0 Å². The molecular formula is C34H40ClFN8O2. The van der Waals surface area contributed by atoms with Crippen LogP contribution in [0.3, 0.4) is 0 Å². The minimum atomic E-state index is -0.485. The highest BCUT2D eigenvalue weighted by molar-refractivity contribution is 6.29. The molecule has 0 radical (unpaired) electrons. The predicted octanol–water partition coefficient (Wildman–Crippen LogP) is 5.71. The molecule has 0 spiro atoms. The maximum absolute atomic E-state index is 14.7. The minimum absolute atomic E-state index is 0.0533. The third kappa shape index (κ3) is 6.90. The average molecular weight is 647 g/mol. The molecule has 0 aliphatic carbocycles. The first-order valence-electron chi connectivity index (χ1n) is 15.5. The van der Waals surface area contributed by atoms with Crippen molar-refractivity contribution in [1.82, 2.24) is 34.5 Å². The first kappa shape index (κ1) is 33.0. The van der Waals surface area contributed by atoms with Crippen molar-refractivity contribution < 1.29 is 9.18 Å². The zero-order valence-corrected chi connectivity index (χ0v) is 27.6. The van der Waals surface area contributed by atoms with Gasteiger partial charge in [0.15, 0.2) is 5.82 Å². The van der Waals surface area contributed by atoms with E-state index in [1.807, 2.05) is 44.8 Å². The number of rotatable bonds is 8. The van der Waals surface area contributed by atoms with Crippen molar-refractivity contribution in [1.29, 1.82) is 0 Å². The third-order valence-electron chi connectivity index (χ3n) is 8.53. The summed E-state index contributed by atoms with van der Waals surface area (Å²) in [6.07, 6.45) is 7.48. The van der Waals surface area contributed by atoms with Crippen molar-refractivity contribution in [3.05, 3.63) is 81.4 Å². The van der Waals surface area contributed by atoms with Crippen LogP contribution in [-0.4, -0.2) is 62.3 Å². The molecule has 1 unspecified atom stereocenters. The second kappa shape index (κ2) is 14.4. The molecule has 0 saturated carbocycles. The lowest BCUT2D eigenvalue weighted by molar-refractivity contribution is -0.109. The summed E-state index contributed by atoms with van der Waals surface area (Å²) in [7, 11) is 3.99. The van der Waals surface area contributed by atoms with Crippen LogP contribution in [0.4, 0.5) is 10.1 Å². The maximum atomic E-state index is 14.7. The van der Waals surface area contributed by atoms with Crippen LogP contribution in [0, 0.1) is 18.7 Å². The summed E-state index contributed by atoms with van der Waals surface area (Å²) < 4.78 is 18.5. The molecule has 1 aliphatic rings. The van der Waals surface area contributed by atoms with E-state index in [1.54, 1.807) is 22.8 Å². The normalized spacial score (nSPS) is 14.6. The summed E-state index contributed by atoms with van der Waals surface area (Å²) in [5.74, 6) is 0.0313. The topological polar surface area (TPSA) is 110 Å². The molecule has 1 fully saturated rings. The molecule has 2 N–H and O–H groups in total. The van der Waals surface area contributed by atoms with Crippen molar-refractivity contribution in [2.24, 2.45) is 13.0 Å². The van der Waals surface area contributed by atoms with E-state index < -0.39 is 5.82 Å². The van der Waals surface area contributed by atoms with E-state index in [0.29, 0.717) is 34.7 Å². The van der Waals surface area contributed by atoms with E-state index in [4.69, 9.17) is 16.7 Å². The highest BCUT2D eigenvalue weighted by Gasteiger charge is 2.23. The lowest BCUT2D eigenvalue weighted by Crippen LogP contribution is -2.32. The Morgan fingerprint density at radius 1 is 1.13 bits per heavy atom. The van der Waals surface area contributed by atoms with E-state index in [1.165, 1.54) is 6.20 Å². The molecule has 4 aromatic heterocycles. The Balaban J connectivity index is 0.000000775. The maximum Gasteiger partial charge on any atom is 0.259 e. The number of hydrogen-bond donors (Lipinski definition) is 2. The Hall–Kier alpha value is -4.35. The molecular weight excluding hydrogens is 607 g/mol. The van der Waals surface area contributed by atoms with Gasteiger partial charge in [0, 0.05) is 54.1 Å².